The number of nitrogens with two attached hydrogens (primary N) is 1. The smallest absolute Gasteiger partial charge is 0.284 e. The monoisotopic (exact) mass is 236 g/mol. The molecule has 4 nitrogen and oxygen atoms in total. The number of hydrogen-bond donors (Lipinski definition) is 1. The molecule has 0 aliphatic heterocycles. The average molecular weight is 237 g/mol. The molecule has 0 fully saturated rings. The fourth-order valence-electron chi connectivity index (χ4n) is 0.997. The molecule has 1 rings (SSSR count). The summed E-state index contributed by atoms with van der Waals surface area (Å²) >= 11 is 5.62. The first-order chi connectivity index (χ1) is 6.97. The van der Waals surface area contributed by atoms with Crippen LogP contribution >= 0.6 is 11.6 Å². The number of primary amides is 1. The third-order valence-corrected chi connectivity index (χ3v) is 1.90. The first-order valence-corrected chi connectivity index (χ1v) is 4.17. The highest BCUT2D eigenvalue weighted by atomic mass is 35.5. The van der Waals surface area contributed by atoms with Gasteiger partial charge in [0.2, 0.25) is 0 Å². The number of pyridine rings is 1. The maximum absolute atomic E-state index is 12.5. The van der Waals surface area contributed by atoms with Crippen molar-refractivity contribution in [2.75, 3.05) is 7.11 Å². The predicted octanol–water partition coefficient (Wildman–Crippen LogP) is 1.78. The number of ether oxygens (including phenoxy) is 1. The lowest BCUT2D eigenvalue weighted by molar-refractivity contribution is 0.0993. The lowest BCUT2D eigenvalue weighted by atomic mass is 10.2. The van der Waals surface area contributed by atoms with Crippen molar-refractivity contribution < 1.29 is 18.3 Å². The third-order valence-electron chi connectivity index (χ3n) is 1.62. The summed E-state index contributed by atoms with van der Waals surface area (Å²) in [5, 5.41) is -0.128. The van der Waals surface area contributed by atoms with Gasteiger partial charge in [0.15, 0.2) is 11.4 Å². The molecule has 0 bridgehead atoms. The first kappa shape index (κ1) is 11.6. The van der Waals surface area contributed by atoms with E-state index in [4.69, 9.17) is 17.3 Å². The van der Waals surface area contributed by atoms with Crippen LogP contribution in [0, 0.1) is 0 Å². The van der Waals surface area contributed by atoms with Gasteiger partial charge in [-0.05, 0) is 6.07 Å². The molecule has 1 aromatic heterocycles. The van der Waals surface area contributed by atoms with E-state index < -0.39 is 18.0 Å². The molecular weight excluding hydrogens is 230 g/mol. The molecule has 82 valence electrons. The van der Waals surface area contributed by atoms with Crippen LogP contribution in [0.2, 0.25) is 5.02 Å². The Kier molecular flexibility index (Phi) is 3.41. The first-order valence-electron chi connectivity index (χ1n) is 3.79. The van der Waals surface area contributed by atoms with Gasteiger partial charge in [0.1, 0.15) is 5.69 Å². The molecule has 0 spiro atoms. The Morgan fingerprint density at radius 3 is 2.67 bits per heavy atom. The van der Waals surface area contributed by atoms with Crippen molar-refractivity contribution in [3.05, 3.63) is 22.5 Å². The topological polar surface area (TPSA) is 65.2 Å². The summed E-state index contributed by atoms with van der Waals surface area (Å²) in [6.07, 6.45) is -2.89. The molecule has 0 aromatic carbocycles. The van der Waals surface area contributed by atoms with Crippen molar-refractivity contribution >= 4 is 17.5 Å². The van der Waals surface area contributed by atoms with E-state index in [2.05, 4.69) is 9.72 Å². The Bertz CT molecular complexity index is 398. The summed E-state index contributed by atoms with van der Waals surface area (Å²) in [4.78, 5) is 14.1. The van der Waals surface area contributed by atoms with E-state index in [0.29, 0.717) is 0 Å². The van der Waals surface area contributed by atoms with Gasteiger partial charge in [0, 0.05) is 0 Å². The van der Waals surface area contributed by atoms with E-state index in [-0.39, 0.29) is 16.5 Å². The molecule has 0 aliphatic carbocycles. The second-order valence-corrected chi connectivity index (χ2v) is 2.98. The quantitative estimate of drug-likeness (QED) is 0.870. The molecular formula is C8H7ClF2N2O2. The number of nitrogens with zero attached hydrogens (tertiary/aromatic N) is 1. The van der Waals surface area contributed by atoms with Gasteiger partial charge in [-0.2, -0.15) is 0 Å². The normalized spacial score (nSPS) is 10.5. The molecule has 0 atom stereocenters. The minimum atomic E-state index is -2.89. The molecule has 15 heavy (non-hydrogen) atoms. The summed E-state index contributed by atoms with van der Waals surface area (Å²) < 4.78 is 29.6. The Morgan fingerprint density at radius 2 is 2.27 bits per heavy atom. The van der Waals surface area contributed by atoms with Crippen LogP contribution in [0.1, 0.15) is 22.6 Å². The van der Waals surface area contributed by atoms with E-state index in [0.717, 1.165) is 6.07 Å². The van der Waals surface area contributed by atoms with E-state index >= 15 is 0 Å². The van der Waals surface area contributed by atoms with Crippen molar-refractivity contribution in [2.45, 2.75) is 6.43 Å². The van der Waals surface area contributed by atoms with E-state index in [1.165, 1.54) is 7.11 Å². The summed E-state index contributed by atoms with van der Waals surface area (Å²) in [5.74, 6) is -1.18. The number of carbonyl (C=O) groups is 1. The Balaban J connectivity index is 3.38. The SMILES string of the molecule is COc1c(Cl)cc(C(N)=O)nc1C(F)F. The molecule has 0 unspecified atom stereocenters. The lowest BCUT2D eigenvalue weighted by Gasteiger charge is -2.09. The summed E-state index contributed by atoms with van der Waals surface area (Å²) in [5.41, 5.74) is 3.88. The molecule has 2 N–H and O–H groups in total. The number of carbonyl (C=O) groups excluding carboxylic acids is 1. The number of hydrogen-bond acceptors (Lipinski definition) is 3. The van der Waals surface area contributed by atoms with Crippen LogP contribution in [-0.4, -0.2) is 18.0 Å². The molecule has 7 heteroatoms. The minimum absolute atomic E-state index is 0.128. The van der Waals surface area contributed by atoms with E-state index in [1.807, 2.05) is 0 Å². The maximum atomic E-state index is 12.5. The molecule has 1 heterocycles. The van der Waals surface area contributed by atoms with Crippen LogP contribution in [0.5, 0.6) is 5.75 Å². The lowest BCUT2D eigenvalue weighted by Crippen LogP contribution is -2.14. The van der Waals surface area contributed by atoms with E-state index in [9.17, 15) is 13.6 Å². The zero-order chi connectivity index (χ0) is 11.6. The molecule has 0 aliphatic rings. The Hall–Kier alpha value is -1.43. The van der Waals surface area contributed by atoms with Gasteiger partial charge in [0.05, 0.1) is 12.1 Å². The van der Waals surface area contributed by atoms with Gasteiger partial charge in [0.25, 0.3) is 12.3 Å². The second-order valence-electron chi connectivity index (χ2n) is 2.57. The molecule has 0 saturated carbocycles. The van der Waals surface area contributed by atoms with Crippen molar-refractivity contribution in [3.8, 4) is 5.75 Å². The summed E-state index contributed by atoms with van der Waals surface area (Å²) in [6, 6.07) is 1.08. The van der Waals surface area contributed by atoms with Crippen molar-refractivity contribution in [2.24, 2.45) is 5.73 Å². The molecule has 0 radical (unpaired) electrons. The van der Waals surface area contributed by atoms with Gasteiger partial charge in [-0.15, -0.1) is 0 Å². The van der Waals surface area contributed by atoms with Gasteiger partial charge in [-0.3, -0.25) is 4.79 Å². The number of aromatic nitrogens is 1. The highest BCUT2D eigenvalue weighted by Gasteiger charge is 2.21. The van der Waals surface area contributed by atoms with Crippen molar-refractivity contribution in [1.82, 2.24) is 4.98 Å². The van der Waals surface area contributed by atoms with Crippen LogP contribution in [0.15, 0.2) is 6.07 Å². The predicted molar refractivity (Wildman–Crippen MR) is 49.3 cm³/mol. The minimum Gasteiger partial charge on any atom is -0.493 e. The van der Waals surface area contributed by atoms with Crippen LogP contribution < -0.4 is 10.5 Å². The molecule has 1 amide bonds. The third kappa shape index (κ3) is 2.33. The van der Waals surface area contributed by atoms with Gasteiger partial charge in [-0.25, -0.2) is 13.8 Å². The van der Waals surface area contributed by atoms with Crippen LogP contribution in [-0.2, 0) is 0 Å². The van der Waals surface area contributed by atoms with Gasteiger partial charge in [-0.1, -0.05) is 11.6 Å². The largest absolute Gasteiger partial charge is 0.493 e. The fourth-order valence-corrected chi connectivity index (χ4v) is 1.27. The zero-order valence-corrected chi connectivity index (χ0v) is 8.39. The zero-order valence-electron chi connectivity index (χ0n) is 7.63. The molecule has 1 aromatic rings. The number of methoxy groups -OCH3 is 1. The fraction of sp³-hybridized carbons (Fsp3) is 0.250. The number of amides is 1. The summed E-state index contributed by atoms with van der Waals surface area (Å²) in [7, 11) is 1.18. The Labute approximate surface area is 89.0 Å². The van der Waals surface area contributed by atoms with E-state index in [1.54, 1.807) is 0 Å². The molecule has 0 saturated heterocycles. The Morgan fingerprint density at radius 1 is 1.67 bits per heavy atom. The summed E-state index contributed by atoms with van der Waals surface area (Å²) in [6.45, 7) is 0. The van der Waals surface area contributed by atoms with Crippen LogP contribution in [0.3, 0.4) is 0 Å². The highest BCUT2D eigenvalue weighted by Crippen LogP contribution is 2.33. The van der Waals surface area contributed by atoms with Crippen molar-refractivity contribution in [3.63, 3.8) is 0 Å². The second kappa shape index (κ2) is 4.39. The van der Waals surface area contributed by atoms with Crippen LogP contribution in [0.4, 0.5) is 8.78 Å². The number of halogens is 3. The van der Waals surface area contributed by atoms with Gasteiger partial charge >= 0.3 is 0 Å². The average Bonchev–Trinajstić information content (AvgIpc) is 2.16. The maximum Gasteiger partial charge on any atom is 0.284 e. The number of rotatable bonds is 3. The van der Waals surface area contributed by atoms with Crippen LogP contribution in [0.25, 0.3) is 0 Å². The standard InChI is InChI=1S/C8H7ClF2N2O2/c1-15-6-3(9)2-4(8(12)14)13-5(6)7(10)11/h2,7H,1H3,(H2,12,14). The highest BCUT2D eigenvalue weighted by molar-refractivity contribution is 6.32. The number of alkyl halides is 2. The van der Waals surface area contributed by atoms with Gasteiger partial charge < -0.3 is 10.5 Å². The van der Waals surface area contributed by atoms with Crippen molar-refractivity contribution in [1.29, 1.82) is 0 Å².